The molecule has 7 unspecified atom stereocenters. The topological polar surface area (TPSA) is 113 Å². The Morgan fingerprint density at radius 1 is 0.389 bits per heavy atom. The third-order valence-corrected chi connectivity index (χ3v) is 20.5. The van der Waals surface area contributed by atoms with E-state index in [0.29, 0.717) is 42.0 Å². The van der Waals surface area contributed by atoms with Gasteiger partial charge in [-0.1, -0.05) is 222 Å². The molecule has 0 aromatic rings. The van der Waals surface area contributed by atoms with E-state index in [-0.39, 0.29) is 0 Å². The minimum Gasteiger partial charge on any atom is -0.370 e. The predicted octanol–water partition coefficient (Wildman–Crippen LogP) is 19.9. The lowest BCUT2D eigenvalue weighted by Crippen LogP contribution is -2.28. The zero-order valence-electron chi connectivity index (χ0n) is 67.3. The van der Waals surface area contributed by atoms with Crippen molar-refractivity contribution in [3.05, 3.63) is 0 Å². The first kappa shape index (κ1) is 110. The Bertz CT molecular complexity index is 905. The Balaban J connectivity index is -0.000000113. The first-order valence-electron chi connectivity index (χ1n) is 36.9. The number of ether oxygens (including phenoxy) is 5. The van der Waals surface area contributed by atoms with Crippen LogP contribution in [0.2, 0.25) is 0 Å². The van der Waals surface area contributed by atoms with Crippen LogP contribution in [0.3, 0.4) is 0 Å². The van der Waals surface area contributed by atoms with Gasteiger partial charge in [-0.15, -0.1) is 70.6 Å². The molecule has 558 valence electrons. The number of rotatable bonds is 9. The van der Waals surface area contributed by atoms with Crippen molar-refractivity contribution in [2.45, 2.75) is 302 Å². The van der Waals surface area contributed by atoms with Crippen LogP contribution in [0, 0.1) is 41.4 Å². The molecule has 18 heteroatoms. The Kier molecular flexibility index (Phi) is 106. The SMILES string of the molecule is CC.CC.CC.CC.CC.CC.CC.CC.CC.CC(C)C1CNCO1.CC(C)C1CNCS1.CC(C)C1COCN1.CC(C)C1COCS1.CC(C)C1CSCN1.CC(C)C1CSCO1.CC(C)C1NCCS1.CC(C)N1CCOC1.CC(C)N1CCSC1. The molecule has 0 aromatic carbocycles. The van der Waals surface area contributed by atoms with E-state index in [1.165, 1.54) is 48.5 Å². The molecule has 9 fully saturated rings. The highest BCUT2D eigenvalue weighted by Gasteiger charge is 2.22. The molecule has 9 saturated heterocycles. The van der Waals surface area contributed by atoms with Crippen molar-refractivity contribution in [1.29, 1.82) is 0 Å². The van der Waals surface area contributed by atoms with Crippen molar-refractivity contribution in [2.24, 2.45) is 41.4 Å². The van der Waals surface area contributed by atoms with Crippen LogP contribution in [0.4, 0.5) is 0 Å². The molecule has 0 aromatic heterocycles. The highest BCUT2D eigenvalue weighted by molar-refractivity contribution is 8.00. The van der Waals surface area contributed by atoms with Crippen LogP contribution in [0.15, 0.2) is 0 Å². The van der Waals surface area contributed by atoms with Crippen molar-refractivity contribution >= 4 is 70.6 Å². The van der Waals surface area contributed by atoms with Gasteiger partial charge in [0.05, 0.1) is 69.5 Å². The highest BCUT2D eigenvalue weighted by Crippen LogP contribution is 2.26. The Morgan fingerprint density at radius 3 is 1.14 bits per heavy atom. The standard InChI is InChI=1S/3C6H13NO.4C6H13NS.2C6H12OS.9C2H6/c1-5(2)6-3-8-4-7-6;1-5(2)6-3-7-4-8-6;1-6(2)7-3-4-8-5-7;1-5(2)6-3-8-4-7-6;1-5(2)6-3-7-4-8-6;1-6(2)7-3-4-8-5-7;1-5(2)6-7-3-4-8-6;1-5(2)6-3-8-4-7-6;1-5(2)6-3-7-4-8-6;9*1-2/h2*5-7H,3-4H2,1-2H3;6H,3-5H2,1-2H3;2*5-7H,3-4H2,1-2H3;6H,3-5H2,1-2H3;5-7H,3-4H2,1-2H3;2*5-6H,3-4H2,1-2H3;9*1-2H3. The molecule has 0 bridgehead atoms. The molecule has 0 aliphatic carbocycles. The summed E-state index contributed by atoms with van der Waals surface area (Å²) in [4.78, 5) is 4.80. The maximum Gasteiger partial charge on any atom is 0.0993 e. The van der Waals surface area contributed by atoms with E-state index in [9.17, 15) is 0 Å². The third kappa shape index (κ3) is 69.5. The van der Waals surface area contributed by atoms with Crippen molar-refractivity contribution in [3.63, 3.8) is 0 Å². The van der Waals surface area contributed by atoms with Gasteiger partial charge in [-0.2, -0.15) is 0 Å². The average molecular weight is 1410 g/mol. The molecular weight excluding hydrogens is 1240 g/mol. The van der Waals surface area contributed by atoms with E-state index in [2.05, 4.69) is 161 Å². The van der Waals surface area contributed by atoms with Gasteiger partial charge in [-0.05, 0) is 69.1 Å². The molecule has 9 heterocycles. The maximum atomic E-state index is 5.38. The maximum absolute atomic E-state index is 5.38. The number of nitrogens with one attached hydrogen (secondary N) is 5. The van der Waals surface area contributed by atoms with Gasteiger partial charge in [-0.3, -0.25) is 20.4 Å². The van der Waals surface area contributed by atoms with Crippen molar-refractivity contribution < 1.29 is 23.7 Å². The molecule has 0 saturated carbocycles. The zero-order chi connectivity index (χ0) is 71.8. The van der Waals surface area contributed by atoms with Crippen LogP contribution >= 0.6 is 70.6 Å². The fourth-order valence-corrected chi connectivity index (χ4v) is 14.0. The smallest absolute Gasteiger partial charge is 0.0993 e. The van der Waals surface area contributed by atoms with Crippen LogP contribution < -0.4 is 26.6 Å². The second kappa shape index (κ2) is 86.7. The molecule has 0 radical (unpaired) electrons. The summed E-state index contributed by atoms with van der Waals surface area (Å²) < 4.78 is 26.1. The average Bonchev–Trinajstić information content (AvgIpc) is 4.50. The Hall–Kier alpha value is 1.62. The molecule has 7 atom stereocenters. The number of hydrogen-bond donors (Lipinski definition) is 5. The fraction of sp³-hybridized carbons (Fsp3) is 1.00. The summed E-state index contributed by atoms with van der Waals surface area (Å²) in [7, 11) is 0. The largest absolute Gasteiger partial charge is 0.370 e. The summed E-state index contributed by atoms with van der Waals surface area (Å²) in [5, 5.41) is 18.9. The van der Waals surface area contributed by atoms with Crippen LogP contribution in [-0.2, 0) is 23.7 Å². The third-order valence-electron chi connectivity index (χ3n) is 13.2. The second-order valence-corrected chi connectivity index (χ2v) is 29.2. The highest BCUT2D eigenvalue weighted by atomic mass is 32.2. The van der Waals surface area contributed by atoms with Gasteiger partial charge in [0.1, 0.15) is 0 Å². The summed E-state index contributed by atoms with van der Waals surface area (Å²) in [6, 6.07) is 2.78. The minimum absolute atomic E-state index is 0.454. The van der Waals surface area contributed by atoms with Crippen molar-refractivity contribution in [3.8, 4) is 0 Å². The molecule has 9 rings (SSSR count). The van der Waals surface area contributed by atoms with E-state index in [1.807, 2.05) is 195 Å². The molecule has 0 spiro atoms. The van der Waals surface area contributed by atoms with Crippen molar-refractivity contribution in [2.75, 3.05) is 125 Å². The van der Waals surface area contributed by atoms with Crippen LogP contribution in [-0.4, -0.2) is 187 Å². The Labute approximate surface area is 594 Å². The monoisotopic (exact) mass is 1400 g/mol. The number of hydrogen-bond acceptors (Lipinski definition) is 18. The quantitative estimate of drug-likeness (QED) is 0.151. The number of thioether (sulfide) groups is 6. The van der Waals surface area contributed by atoms with E-state index >= 15 is 0 Å². The van der Waals surface area contributed by atoms with Crippen LogP contribution in [0.25, 0.3) is 0 Å². The van der Waals surface area contributed by atoms with Gasteiger partial charge < -0.3 is 39.6 Å². The minimum atomic E-state index is 0.454. The molecular formula is C72H169N7O5S6. The molecule has 9 aliphatic heterocycles. The number of nitrogens with zero attached hydrogens (tertiary/aromatic N) is 2. The summed E-state index contributed by atoms with van der Waals surface area (Å²) in [6.45, 7) is 87.1. The first-order valence-corrected chi connectivity index (χ1v) is 43.5. The van der Waals surface area contributed by atoms with Gasteiger partial charge in [0.25, 0.3) is 0 Å². The summed E-state index contributed by atoms with van der Waals surface area (Å²) in [6.07, 6.45) is 0.981. The second-order valence-electron chi connectivity index (χ2n) is 22.5. The lowest BCUT2D eigenvalue weighted by molar-refractivity contribution is 0.0797. The lowest BCUT2D eigenvalue weighted by Gasteiger charge is -2.17. The summed E-state index contributed by atoms with van der Waals surface area (Å²) in [5.41, 5.74) is 0. The summed E-state index contributed by atoms with van der Waals surface area (Å²) >= 11 is 11.9. The molecule has 9 aliphatic rings. The molecule has 90 heavy (non-hydrogen) atoms. The lowest BCUT2D eigenvalue weighted by atomic mass is 10.1. The van der Waals surface area contributed by atoms with Gasteiger partial charge in [-0.25, -0.2) is 0 Å². The molecule has 12 nitrogen and oxygen atoms in total. The van der Waals surface area contributed by atoms with E-state index < -0.39 is 0 Å². The first-order chi connectivity index (χ1) is 43.2. The van der Waals surface area contributed by atoms with Crippen LogP contribution in [0.1, 0.15) is 249 Å². The molecule has 0 amide bonds. The van der Waals surface area contributed by atoms with E-state index in [1.54, 1.807) is 0 Å². The summed E-state index contributed by atoms with van der Waals surface area (Å²) in [5.74, 6) is 15.8. The zero-order valence-corrected chi connectivity index (χ0v) is 72.2. The fourth-order valence-electron chi connectivity index (χ4n) is 7.40. The van der Waals surface area contributed by atoms with Gasteiger partial charge in [0.2, 0.25) is 0 Å². The van der Waals surface area contributed by atoms with Gasteiger partial charge in [0, 0.05) is 108 Å². The van der Waals surface area contributed by atoms with Gasteiger partial charge in [0.15, 0.2) is 0 Å². The van der Waals surface area contributed by atoms with Crippen molar-refractivity contribution in [1.82, 2.24) is 36.4 Å². The predicted molar refractivity (Wildman–Crippen MR) is 430 cm³/mol. The molecule has 5 N–H and O–H groups in total. The van der Waals surface area contributed by atoms with E-state index in [0.717, 1.165) is 128 Å². The van der Waals surface area contributed by atoms with Crippen LogP contribution in [0.5, 0.6) is 0 Å². The van der Waals surface area contributed by atoms with Gasteiger partial charge >= 0.3 is 0 Å². The normalized spacial score (nSPS) is 23.1. The van der Waals surface area contributed by atoms with E-state index in [4.69, 9.17) is 23.7 Å². The Morgan fingerprint density at radius 2 is 0.944 bits per heavy atom.